The molecule has 0 fully saturated rings. The minimum Gasteiger partial charge on any atom is -0.496 e. The van der Waals surface area contributed by atoms with Crippen molar-refractivity contribution in [3.05, 3.63) is 58.1 Å². The molecule has 1 N–H and O–H groups in total. The fourth-order valence-electron chi connectivity index (χ4n) is 1.96. The molecule has 0 aliphatic rings. The van der Waals surface area contributed by atoms with Crippen LogP contribution in [0, 0.1) is 0 Å². The van der Waals surface area contributed by atoms with Crippen LogP contribution in [0.4, 0.5) is 8.78 Å². The molecule has 0 saturated carbocycles. The zero-order valence-electron chi connectivity index (χ0n) is 11.1. The van der Waals surface area contributed by atoms with E-state index in [4.69, 9.17) is 4.74 Å². The van der Waals surface area contributed by atoms with Gasteiger partial charge in [-0.3, -0.25) is 0 Å². The molecule has 0 aromatic heterocycles. The van der Waals surface area contributed by atoms with Gasteiger partial charge in [-0.1, -0.05) is 28.1 Å². The predicted octanol–water partition coefficient (Wildman–Crippen LogP) is 4.14. The minimum absolute atomic E-state index is 0.00415. The number of hydrogen-bond donors (Lipinski definition) is 1. The first-order valence-electron chi connectivity index (χ1n) is 6.07. The van der Waals surface area contributed by atoms with E-state index in [-0.39, 0.29) is 5.75 Å². The molecule has 2 rings (SSSR count). The summed E-state index contributed by atoms with van der Waals surface area (Å²) in [5, 5.41) is 10.4. The quantitative estimate of drug-likeness (QED) is 0.872. The van der Waals surface area contributed by atoms with Crippen LogP contribution in [0.3, 0.4) is 0 Å². The van der Waals surface area contributed by atoms with E-state index in [1.165, 1.54) is 19.2 Å². The fourth-order valence-corrected chi connectivity index (χ4v) is 2.34. The maximum Gasteiger partial charge on any atom is 0.387 e. The molecule has 0 radical (unpaired) electrons. The first kappa shape index (κ1) is 15.7. The van der Waals surface area contributed by atoms with Crippen LogP contribution in [-0.2, 0) is 0 Å². The number of alkyl halides is 2. The van der Waals surface area contributed by atoms with Gasteiger partial charge in [0.15, 0.2) is 0 Å². The predicted molar refractivity (Wildman–Crippen MR) is 77.8 cm³/mol. The molecule has 0 saturated heterocycles. The van der Waals surface area contributed by atoms with E-state index in [1.54, 1.807) is 30.3 Å². The summed E-state index contributed by atoms with van der Waals surface area (Å²) in [6, 6.07) is 11.2. The maximum absolute atomic E-state index is 12.2. The van der Waals surface area contributed by atoms with Crippen LogP contribution in [0.1, 0.15) is 17.2 Å². The van der Waals surface area contributed by atoms with Gasteiger partial charge in [-0.2, -0.15) is 8.78 Å². The molecular weight excluding hydrogens is 346 g/mol. The van der Waals surface area contributed by atoms with Gasteiger partial charge < -0.3 is 14.6 Å². The Morgan fingerprint density at radius 3 is 2.57 bits per heavy atom. The molecule has 0 heterocycles. The third-order valence-corrected chi connectivity index (χ3v) is 3.38. The number of aliphatic hydroxyl groups is 1. The normalized spacial score (nSPS) is 12.3. The first-order valence-corrected chi connectivity index (χ1v) is 6.87. The highest BCUT2D eigenvalue weighted by atomic mass is 79.9. The van der Waals surface area contributed by atoms with Crippen molar-refractivity contribution in [3.63, 3.8) is 0 Å². The summed E-state index contributed by atoms with van der Waals surface area (Å²) in [5.41, 5.74) is 0.964. The molecule has 21 heavy (non-hydrogen) atoms. The van der Waals surface area contributed by atoms with E-state index in [2.05, 4.69) is 20.7 Å². The molecule has 1 unspecified atom stereocenters. The Labute approximate surface area is 129 Å². The Kier molecular flexibility index (Phi) is 5.14. The molecule has 112 valence electrons. The highest BCUT2D eigenvalue weighted by Crippen LogP contribution is 2.33. The Morgan fingerprint density at radius 1 is 1.14 bits per heavy atom. The second kappa shape index (κ2) is 6.87. The summed E-state index contributed by atoms with van der Waals surface area (Å²) < 4.78 is 34.8. The van der Waals surface area contributed by atoms with Gasteiger partial charge in [-0.25, -0.2) is 0 Å². The molecule has 0 aliphatic heterocycles. The second-order valence-electron chi connectivity index (χ2n) is 4.24. The van der Waals surface area contributed by atoms with Gasteiger partial charge in [-0.05, 0) is 35.9 Å². The zero-order valence-corrected chi connectivity index (χ0v) is 12.7. The van der Waals surface area contributed by atoms with Crippen molar-refractivity contribution in [3.8, 4) is 11.5 Å². The summed E-state index contributed by atoms with van der Waals surface area (Å²) in [6.45, 7) is -2.90. The van der Waals surface area contributed by atoms with Crippen molar-refractivity contribution in [2.45, 2.75) is 12.7 Å². The Bertz CT molecular complexity index is 620. The zero-order chi connectivity index (χ0) is 15.4. The van der Waals surface area contributed by atoms with Crippen LogP contribution in [0.25, 0.3) is 0 Å². The molecule has 0 bridgehead atoms. The van der Waals surface area contributed by atoms with Crippen molar-refractivity contribution in [1.82, 2.24) is 0 Å². The van der Waals surface area contributed by atoms with Gasteiger partial charge in [0.25, 0.3) is 0 Å². The average Bonchev–Trinajstić information content (AvgIpc) is 2.46. The lowest BCUT2D eigenvalue weighted by Gasteiger charge is -2.16. The molecule has 6 heteroatoms. The summed E-state index contributed by atoms with van der Waals surface area (Å²) in [6.07, 6.45) is -1.02. The lowest BCUT2D eigenvalue weighted by molar-refractivity contribution is -0.0499. The van der Waals surface area contributed by atoms with Crippen molar-refractivity contribution >= 4 is 15.9 Å². The number of methoxy groups -OCH3 is 1. The molecular formula is C15H13BrF2O3. The largest absolute Gasteiger partial charge is 0.496 e. The lowest BCUT2D eigenvalue weighted by Crippen LogP contribution is -2.05. The molecule has 0 aliphatic carbocycles. The van der Waals surface area contributed by atoms with Gasteiger partial charge >= 0.3 is 6.61 Å². The molecule has 2 aromatic rings. The van der Waals surface area contributed by atoms with Gasteiger partial charge in [-0.15, -0.1) is 0 Å². The van der Waals surface area contributed by atoms with Crippen LogP contribution < -0.4 is 9.47 Å². The van der Waals surface area contributed by atoms with Crippen LogP contribution >= 0.6 is 15.9 Å². The van der Waals surface area contributed by atoms with Crippen molar-refractivity contribution in [2.75, 3.05) is 7.11 Å². The topological polar surface area (TPSA) is 38.7 Å². The molecule has 2 aromatic carbocycles. The van der Waals surface area contributed by atoms with E-state index in [1.807, 2.05) is 0 Å². The number of hydrogen-bond acceptors (Lipinski definition) is 3. The van der Waals surface area contributed by atoms with E-state index in [0.717, 1.165) is 4.47 Å². The van der Waals surface area contributed by atoms with Crippen molar-refractivity contribution in [1.29, 1.82) is 0 Å². The number of aliphatic hydroxyl groups excluding tert-OH is 1. The Hall–Kier alpha value is -1.66. The van der Waals surface area contributed by atoms with Crippen LogP contribution in [0.5, 0.6) is 11.5 Å². The lowest BCUT2D eigenvalue weighted by atomic mass is 10.0. The van der Waals surface area contributed by atoms with Crippen LogP contribution in [0.15, 0.2) is 46.9 Å². The van der Waals surface area contributed by atoms with Gasteiger partial charge in [0, 0.05) is 10.0 Å². The SMILES string of the molecule is COc1ccc(Br)cc1C(O)c1cccc(OC(F)F)c1. The number of rotatable bonds is 5. The minimum atomic E-state index is -2.90. The van der Waals surface area contributed by atoms with Crippen LogP contribution in [0.2, 0.25) is 0 Å². The standard InChI is InChI=1S/C15H13BrF2O3/c1-20-13-6-5-10(16)8-12(13)14(19)9-3-2-4-11(7-9)21-15(17)18/h2-8,14-15,19H,1H3. The summed E-state index contributed by atoms with van der Waals surface area (Å²) in [7, 11) is 1.50. The number of ether oxygens (including phenoxy) is 2. The number of halogens is 3. The highest BCUT2D eigenvalue weighted by molar-refractivity contribution is 9.10. The Balaban J connectivity index is 2.35. The van der Waals surface area contributed by atoms with E-state index in [0.29, 0.717) is 16.9 Å². The maximum atomic E-state index is 12.2. The van der Waals surface area contributed by atoms with E-state index in [9.17, 15) is 13.9 Å². The van der Waals surface area contributed by atoms with Gasteiger partial charge in [0.05, 0.1) is 7.11 Å². The average molecular weight is 359 g/mol. The fraction of sp³-hybridized carbons (Fsp3) is 0.200. The van der Waals surface area contributed by atoms with Crippen molar-refractivity contribution in [2.24, 2.45) is 0 Å². The summed E-state index contributed by atoms with van der Waals surface area (Å²) in [4.78, 5) is 0. The van der Waals surface area contributed by atoms with Crippen molar-refractivity contribution < 1.29 is 23.4 Å². The summed E-state index contributed by atoms with van der Waals surface area (Å²) >= 11 is 3.32. The third kappa shape index (κ3) is 3.92. The molecule has 3 nitrogen and oxygen atoms in total. The molecule has 0 spiro atoms. The van der Waals surface area contributed by atoms with Crippen LogP contribution in [-0.4, -0.2) is 18.8 Å². The van der Waals surface area contributed by atoms with Gasteiger partial charge in [0.2, 0.25) is 0 Å². The molecule has 0 amide bonds. The first-order chi connectivity index (χ1) is 10.0. The second-order valence-corrected chi connectivity index (χ2v) is 5.16. The molecule has 1 atom stereocenters. The smallest absolute Gasteiger partial charge is 0.387 e. The highest BCUT2D eigenvalue weighted by Gasteiger charge is 2.17. The monoisotopic (exact) mass is 358 g/mol. The third-order valence-electron chi connectivity index (χ3n) is 2.89. The van der Waals surface area contributed by atoms with E-state index >= 15 is 0 Å². The van der Waals surface area contributed by atoms with Gasteiger partial charge in [0.1, 0.15) is 17.6 Å². The number of benzene rings is 2. The van der Waals surface area contributed by atoms with E-state index < -0.39 is 12.7 Å². The summed E-state index contributed by atoms with van der Waals surface area (Å²) in [5.74, 6) is 0.501. The Morgan fingerprint density at radius 2 is 1.90 bits per heavy atom.